The van der Waals surface area contributed by atoms with Crippen molar-refractivity contribution in [3.8, 4) is 0 Å². The molecule has 1 aliphatic heterocycles. The second-order valence-electron chi connectivity index (χ2n) is 6.14. The van der Waals surface area contributed by atoms with E-state index in [-0.39, 0.29) is 5.41 Å². The van der Waals surface area contributed by atoms with Crippen molar-refractivity contribution < 1.29 is 4.79 Å². The second kappa shape index (κ2) is 3.96. The molecule has 2 heteroatoms. The van der Waals surface area contributed by atoms with Gasteiger partial charge in [-0.2, -0.15) is 0 Å². The quantitative estimate of drug-likeness (QED) is 0.702. The summed E-state index contributed by atoms with van der Waals surface area (Å²) in [7, 11) is 0. The zero-order chi connectivity index (χ0) is 12.9. The number of hydrogen-bond donors (Lipinski definition) is 0. The van der Waals surface area contributed by atoms with E-state index in [2.05, 4.69) is 24.3 Å². The van der Waals surface area contributed by atoms with Crippen molar-refractivity contribution in [1.29, 1.82) is 0 Å². The number of nitrogens with zero attached hydrogens (tertiary/aromatic N) is 1. The Labute approximate surface area is 114 Å². The first-order chi connectivity index (χ1) is 9.32. The third-order valence-electron chi connectivity index (χ3n) is 5.38. The average Bonchev–Trinajstić information content (AvgIpc) is 2.96. The van der Waals surface area contributed by atoms with Crippen molar-refractivity contribution in [3.63, 3.8) is 0 Å². The maximum absolute atomic E-state index is 13.0. The number of benzene rings is 1. The van der Waals surface area contributed by atoms with Crippen molar-refractivity contribution in [1.82, 2.24) is 0 Å². The van der Waals surface area contributed by atoms with Gasteiger partial charge in [-0.1, -0.05) is 30.4 Å². The van der Waals surface area contributed by atoms with Gasteiger partial charge in [0.05, 0.1) is 5.41 Å². The molecule has 1 heterocycles. The molecule has 1 saturated heterocycles. The van der Waals surface area contributed by atoms with Crippen molar-refractivity contribution in [3.05, 3.63) is 42.5 Å². The molecule has 19 heavy (non-hydrogen) atoms. The standard InChI is InChI=1S/C17H19NO/c19-16-17-11-5-4-6-13(17)9-10-14(17)12-18(16)15-7-2-1-3-8-15/h1-3,5,7-8,11,13-14H,4,6,9-10,12H2/t13-,14+,17+/m0/s1. The van der Waals surface area contributed by atoms with Gasteiger partial charge in [0.15, 0.2) is 0 Å². The van der Waals surface area contributed by atoms with Crippen LogP contribution in [0.4, 0.5) is 5.69 Å². The van der Waals surface area contributed by atoms with E-state index >= 15 is 0 Å². The van der Waals surface area contributed by atoms with Crippen LogP contribution in [0.1, 0.15) is 25.7 Å². The monoisotopic (exact) mass is 253 g/mol. The Kier molecular flexibility index (Phi) is 2.35. The Morgan fingerprint density at radius 1 is 1.05 bits per heavy atom. The van der Waals surface area contributed by atoms with Gasteiger partial charge in [-0.3, -0.25) is 4.79 Å². The van der Waals surface area contributed by atoms with Gasteiger partial charge in [0, 0.05) is 12.2 Å². The highest BCUT2D eigenvalue weighted by Crippen LogP contribution is 2.57. The first kappa shape index (κ1) is 11.3. The molecule has 1 aromatic carbocycles. The minimum Gasteiger partial charge on any atom is -0.311 e. The van der Waals surface area contributed by atoms with Crippen molar-refractivity contribution >= 4 is 11.6 Å². The maximum Gasteiger partial charge on any atom is 0.237 e. The lowest BCUT2D eigenvalue weighted by atomic mass is 9.69. The Balaban J connectivity index is 1.76. The van der Waals surface area contributed by atoms with Gasteiger partial charge in [0.1, 0.15) is 0 Å². The molecule has 1 spiro atoms. The van der Waals surface area contributed by atoms with Gasteiger partial charge in [-0.25, -0.2) is 0 Å². The third-order valence-corrected chi connectivity index (χ3v) is 5.38. The minimum absolute atomic E-state index is 0.159. The highest BCUT2D eigenvalue weighted by Gasteiger charge is 2.60. The van der Waals surface area contributed by atoms with Crippen LogP contribution in [-0.4, -0.2) is 12.5 Å². The SMILES string of the molecule is O=C1N(c2ccccc2)C[C@H]2CC[C@@H]3CCC=C[C@@]132. The Hall–Kier alpha value is -1.57. The molecule has 0 aromatic heterocycles. The molecule has 1 saturated carbocycles. The number of amides is 1. The first-order valence-electron chi connectivity index (χ1n) is 7.37. The molecular formula is C17H19NO. The summed E-state index contributed by atoms with van der Waals surface area (Å²) in [5.74, 6) is 1.47. The van der Waals surface area contributed by atoms with Crippen LogP contribution in [0.25, 0.3) is 0 Å². The molecule has 3 atom stereocenters. The van der Waals surface area contributed by atoms with E-state index < -0.39 is 0 Å². The molecule has 2 fully saturated rings. The van der Waals surface area contributed by atoms with Gasteiger partial charge in [-0.05, 0) is 49.7 Å². The Bertz CT molecular complexity index is 535. The van der Waals surface area contributed by atoms with Crippen LogP contribution in [0, 0.1) is 17.3 Å². The number of para-hydroxylation sites is 1. The number of carbonyl (C=O) groups is 1. The minimum atomic E-state index is -0.159. The number of anilines is 1. The van der Waals surface area contributed by atoms with Gasteiger partial charge in [-0.15, -0.1) is 0 Å². The molecule has 2 nitrogen and oxygen atoms in total. The van der Waals surface area contributed by atoms with Gasteiger partial charge in [0.2, 0.25) is 5.91 Å². The fourth-order valence-electron chi connectivity index (χ4n) is 4.47. The van der Waals surface area contributed by atoms with Crippen LogP contribution >= 0.6 is 0 Å². The summed E-state index contributed by atoms with van der Waals surface area (Å²) in [6.07, 6.45) is 9.29. The Morgan fingerprint density at radius 2 is 1.84 bits per heavy atom. The normalized spacial score (nSPS) is 36.4. The molecule has 1 aromatic rings. The van der Waals surface area contributed by atoms with E-state index in [0.717, 1.165) is 18.7 Å². The number of allylic oxidation sites excluding steroid dienone is 1. The van der Waals surface area contributed by atoms with E-state index in [1.165, 1.54) is 19.3 Å². The molecule has 4 rings (SSSR count). The summed E-state index contributed by atoms with van der Waals surface area (Å²) in [4.78, 5) is 15.0. The largest absolute Gasteiger partial charge is 0.311 e. The number of carbonyl (C=O) groups excluding carboxylic acids is 1. The van der Waals surface area contributed by atoms with Crippen LogP contribution in [0.5, 0.6) is 0 Å². The van der Waals surface area contributed by atoms with Crippen LogP contribution in [0.15, 0.2) is 42.5 Å². The van der Waals surface area contributed by atoms with Crippen LogP contribution < -0.4 is 4.90 Å². The highest BCUT2D eigenvalue weighted by molar-refractivity contribution is 6.02. The van der Waals surface area contributed by atoms with E-state index in [0.29, 0.717) is 17.7 Å². The number of rotatable bonds is 1. The van der Waals surface area contributed by atoms with Crippen molar-refractivity contribution in [2.45, 2.75) is 25.7 Å². The van der Waals surface area contributed by atoms with Gasteiger partial charge in [0.25, 0.3) is 0 Å². The molecule has 0 N–H and O–H groups in total. The predicted molar refractivity (Wildman–Crippen MR) is 75.8 cm³/mol. The van der Waals surface area contributed by atoms with Crippen molar-refractivity contribution in [2.24, 2.45) is 17.3 Å². The van der Waals surface area contributed by atoms with Gasteiger partial charge >= 0.3 is 0 Å². The summed E-state index contributed by atoms with van der Waals surface area (Å²) in [6.45, 7) is 0.906. The van der Waals surface area contributed by atoms with Gasteiger partial charge < -0.3 is 4.90 Å². The zero-order valence-corrected chi connectivity index (χ0v) is 11.1. The summed E-state index contributed by atoms with van der Waals surface area (Å²) in [5.41, 5.74) is 0.905. The molecule has 0 unspecified atom stereocenters. The molecule has 1 amide bonds. The number of hydrogen-bond acceptors (Lipinski definition) is 1. The smallest absolute Gasteiger partial charge is 0.237 e. The van der Waals surface area contributed by atoms with Crippen LogP contribution in [0.3, 0.4) is 0 Å². The highest BCUT2D eigenvalue weighted by atomic mass is 16.2. The zero-order valence-electron chi connectivity index (χ0n) is 11.1. The molecular weight excluding hydrogens is 234 g/mol. The fraction of sp³-hybridized carbons (Fsp3) is 0.471. The molecule has 0 radical (unpaired) electrons. The fourth-order valence-corrected chi connectivity index (χ4v) is 4.47. The summed E-state index contributed by atoms with van der Waals surface area (Å²) >= 11 is 0. The predicted octanol–water partition coefficient (Wildman–Crippen LogP) is 3.40. The van der Waals surface area contributed by atoms with Crippen LogP contribution in [0.2, 0.25) is 0 Å². The second-order valence-corrected chi connectivity index (χ2v) is 6.14. The summed E-state index contributed by atoms with van der Waals surface area (Å²) in [6, 6.07) is 10.1. The molecule has 98 valence electrons. The topological polar surface area (TPSA) is 20.3 Å². The van der Waals surface area contributed by atoms with E-state index in [4.69, 9.17) is 0 Å². The lowest BCUT2D eigenvalue weighted by molar-refractivity contribution is -0.126. The summed E-state index contributed by atoms with van der Waals surface area (Å²) in [5, 5.41) is 0. The van der Waals surface area contributed by atoms with Crippen LogP contribution in [-0.2, 0) is 4.79 Å². The Morgan fingerprint density at radius 3 is 2.68 bits per heavy atom. The first-order valence-corrected chi connectivity index (χ1v) is 7.37. The molecule has 2 aliphatic carbocycles. The maximum atomic E-state index is 13.0. The van der Waals surface area contributed by atoms with Crippen molar-refractivity contribution in [2.75, 3.05) is 11.4 Å². The lowest BCUT2D eigenvalue weighted by Crippen LogP contribution is -2.39. The molecule has 3 aliphatic rings. The van der Waals surface area contributed by atoms with E-state index in [1.54, 1.807) is 0 Å². The van der Waals surface area contributed by atoms with E-state index in [9.17, 15) is 4.79 Å². The van der Waals surface area contributed by atoms with E-state index in [1.807, 2.05) is 23.1 Å². The molecule has 0 bridgehead atoms. The average molecular weight is 253 g/mol. The summed E-state index contributed by atoms with van der Waals surface area (Å²) < 4.78 is 0. The lowest BCUT2D eigenvalue weighted by Gasteiger charge is -2.33. The third kappa shape index (κ3) is 1.40.